The Morgan fingerprint density at radius 1 is 1.58 bits per heavy atom. The zero-order valence-electron chi connectivity index (χ0n) is 7.45. The molecule has 1 fully saturated rings. The second kappa shape index (κ2) is 4.45. The van der Waals surface area contributed by atoms with E-state index in [2.05, 4.69) is 0 Å². The lowest BCUT2D eigenvalue weighted by molar-refractivity contribution is -0.151. The Morgan fingerprint density at radius 3 is 2.92 bits per heavy atom. The van der Waals surface area contributed by atoms with E-state index in [0.29, 0.717) is 12.8 Å². The van der Waals surface area contributed by atoms with Gasteiger partial charge in [0, 0.05) is 12.8 Å². The lowest BCUT2D eigenvalue weighted by Gasteiger charge is -2.25. The monoisotopic (exact) mass is 172 g/mol. The smallest absolute Gasteiger partial charge is 0.305 e. The zero-order chi connectivity index (χ0) is 8.97. The molecule has 0 amide bonds. The molecule has 0 aromatic carbocycles. The van der Waals surface area contributed by atoms with Crippen LogP contribution in [0.4, 0.5) is 0 Å². The average Bonchev–Trinajstić information content (AvgIpc) is 2.04. The molecule has 3 nitrogen and oxygen atoms in total. The lowest BCUT2D eigenvalue weighted by atomic mass is 9.95. The third-order valence-corrected chi connectivity index (χ3v) is 2.19. The predicted molar refractivity (Wildman–Crippen MR) is 44.6 cm³/mol. The number of ether oxygens (including phenoxy) is 1. The first-order chi connectivity index (χ1) is 5.72. The van der Waals surface area contributed by atoms with Crippen molar-refractivity contribution in [2.24, 2.45) is 0 Å². The molecule has 70 valence electrons. The highest BCUT2D eigenvalue weighted by Gasteiger charge is 2.22. The molecular weight excluding hydrogens is 156 g/mol. The van der Waals surface area contributed by atoms with Crippen molar-refractivity contribution in [3.63, 3.8) is 0 Å². The molecule has 0 aliphatic heterocycles. The lowest BCUT2D eigenvalue weighted by Crippen LogP contribution is -2.27. The minimum absolute atomic E-state index is 0.0406. The first kappa shape index (κ1) is 9.52. The van der Waals surface area contributed by atoms with Crippen LogP contribution >= 0.6 is 0 Å². The highest BCUT2D eigenvalue weighted by Crippen LogP contribution is 2.21. The van der Waals surface area contributed by atoms with Crippen LogP contribution in [0.3, 0.4) is 0 Å². The summed E-state index contributed by atoms with van der Waals surface area (Å²) < 4.78 is 5.11. The van der Waals surface area contributed by atoms with Crippen molar-refractivity contribution in [3.05, 3.63) is 0 Å². The maximum atomic E-state index is 10.9. The summed E-state index contributed by atoms with van der Waals surface area (Å²) in [5.41, 5.74) is 0. The fraction of sp³-hybridized carbons (Fsp3) is 0.889. The van der Waals surface area contributed by atoms with Crippen LogP contribution in [0.5, 0.6) is 0 Å². The molecule has 12 heavy (non-hydrogen) atoms. The SMILES string of the molecule is CCC(=O)OC1CCCC(O)C1. The maximum Gasteiger partial charge on any atom is 0.305 e. The van der Waals surface area contributed by atoms with Crippen LogP contribution in [-0.2, 0) is 9.53 Å². The largest absolute Gasteiger partial charge is 0.462 e. The molecule has 0 aromatic heterocycles. The summed E-state index contributed by atoms with van der Waals surface area (Å²) in [6.45, 7) is 1.78. The van der Waals surface area contributed by atoms with Crippen LogP contribution in [0.1, 0.15) is 39.0 Å². The Balaban J connectivity index is 2.27. The van der Waals surface area contributed by atoms with Crippen molar-refractivity contribution >= 4 is 5.97 Å². The number of hydrogen-bond donors (Lipinski definition) is 1. The summed E-state index contributed by atoms with van der Waals surface area (Å²) in [5.74, 6) is -0.158. The Hall–Kier alpha value is -0.570. The van der Waals surface area contributed by atoms with Crippen molar-refractivity contribution in [2.75, 3.05) is 0 Å². The molecule has 0 spiro atoms. The molecule has 0 aromatic rings. The van der Waals surface area contributed by atoms with Gasteiger partial charge in [0.1, 0.15) is 6.10 Å². The van der Waals surface area contributed by atoms with Gasteiger partial charge in [-0.15, -0.1) is 0 Å². The minimum Gasteiger partial charge on any atom is -0.462 e. The van der Waals surface area contributed by atoms with E-state index in [1.165, 1.54) is 0 Å². The molecule has 2 atom stereocenters. The molecule has 0 saturated heterocycles. The van der Waals surface area contributed by atoms with Crippen LogP contribution in [0.25, 0.3) is 0 Å². The minimum atomic E-state index is -0.270. The first-order valence-corrected chi connectivity index (χ1v) is 4.60. The maximum absolute atomic E-state index is 10.9. The van der Waals surface area contributed by atoms with E-state index in [1.54, 1.807) is 6.92 Å². The topological polar surface area (TPSA) is 46.5 Å². The normalized spacial score (nSPS) is 29.8. The molecule has 1 saturated carbocycles. The molecule has 1 rings (SSSR count). The van der Waals surface area contributed by atoms with Gasteiger partial charge in [0.25, 0.3) is 0 Å². The van der Waals surface area contributed by atoms with Crippen molar-refractivity contribution in [2.45, 2.75) is 51.2 Å². The van der Waals surface area contributed by atoms with E-state index in [-0.39, 0.29) is 18.2 Å². The quantitative estimate of drug-likeness (QED) is 0.637. The number of esters is 1. The van der Waals surface area contributed by atoms with E-state index >= 15 is 0 Å². The summed E-state index contributed by atoms with van der Waals surface area (Å²) in [5, 5.41) is 9.27. The summed E-state index contributed by atoms with van der Waals surface area (Å²) in [7, 11) is 0. The van der Waals surface area contributed by atoms with Crippen LogP contribution in [0.15, 0.2) is 0 Å². The van der Waals surface area contributed by atoms with Gasteiger partial charge in [-0.1, -0.05) is 6.92 Å². The number of rotatable bonds is 2. The molecular formula is C9H16O3. The summed E-state index contributed by atoms with van der Waals surface area (Å²) in [6.07, 6.45) is 3.44. The standard InChI is InChI=1S/C9H16O3/c1-2-9(11)12-8-5-3-4-7(10)6-8/h7-8,10H,2-6H2,1H3. The van der Waals surface area contributed by atoms with Crippen LogP contribution in [0.2, 0.25) is 0 Å². The van der Waals surface area contributed by atoms with Gasteiger partial charge in [0.2, 0.25) is 0 Å². The molecule has 0 heterocycles. The second-order valence-electron chi connectivity index (χ2n) is 3.29. The first-order valence-electron chi connectivity index (χ1n) is 4.60. The van der Waals surface area contributed by atoms with Gasteiger partial charge in [0.05, 0.1) is 6.10 Å². The van der Waals surface area contributed by atoms with Gasteiger partial charge in [-0.25, -0.2) is 0 Å². The van der Waals surface area contributed by atoms with Crippen LogP contribution in [-0.4, -0.2) is 23.3 Å². The van der Waals surface area contributed by atoms with E-state index in [9.17, 15) is 9.90 Å². The second-order valence-corrected chi connectivity index (χ2v) is 3.29. The van der Waals surface area contributed by atoms with Crippen molar-refractivity contribution in [1.29, 1.82) is 0 Å². The highest BCUT2D eigenvalue weighted by molar-refractivity contribution is 5.69. The van der Waals surface area contributed by atoms with Gasteiger partial charge in [-0.3, -0.25) is 4.79 Å². The Morgan fingerprint density at radius 2 is 2.33 bits per heavy atom. The van der Waals surface area contributed by atoms with E-state index < -0.39 is 0 Å². The van der Waals surface area contributed by atoms with Crippen LogP contribution in [0, 0.1) is 0 Å². The molecule has 1 aliphatic carbocycles. The Kier molecular flexibility index (Phi) is 3.53. The Labute approximate surface area is 72.7 Å². The van der Waals surface area contributed by atoms with Gasteiger partial charge < -0.3 is 9.84 Å². The number of aliphatic hydroxyl groups excluding tert-OH is 1. The van der Waals surface area contributed by atoms with Crippen molar-refractivity contribution in [1.82, 2.24) is 0 Å². The fourth-order valence-corrected chi connectivity index (χ4v) is 1.50. The van der Waals surface area contributed by atoms with Gasteiger partial charge in [0.15, 0.2) is 0 Å². The van der Waals surface area contributed by atoms with E-state index in [1.807, 2.05) is 0 Å². The fourth-order valence-electron chi connectivity index (χ4n) is 1.50. The molecule has 3 heteroatoms. The zero-order valence-corrected chi connectivity index (χ0v) is 7.45. The predicted octanol–water partition coefficient (Wildman–Crippen LogP) is 1.24. The molecule has 1 aliphatic rings. The summed E-state index contributed by atoms with van der Waals surface area (Å²) >= 11 is 0. The number of carbonyl (C=O) groups excluding carboxylic acids is 1. The van der Waals surface area contributed by atoms with Crippen molar-refractivity contribution in [3.8, 4) is 0 Å². The Bertz CT molecular complexity index is 156. The number of carbonyl (C=O) groups is 1. The number of hydrogen-bond acceptors (Lipinski definition) is 3. The van der Waals surface area contributed by atoms with Crippen LogP contribution < -0.4 is 0 Å². The molecule has 2 unspecified atom stereocenters. The number of aliphatic hydroxyl groups is 1. The molecule has 0 radical (unpaired) electrons. The molecule has 1 N–H and O–H groups in total. The third kappa shape index (κ3) is 2.81. The average molecular weight is 172 g/mol. The van der Waals surface area contributed by atoms with Gasteiger partial charge in [-0.2, -0.15) is 0 Å². The van der Waals surface area contributed by atoms with Gasteiger partial charge >= 0.3 is 5.97 Å². The van der Waals surface area contributed by atoms with E-state index in [4.69, 9.17) is 4.74 Å². The summed E-state index contributed by atoms with van der Waals surface area (Å²) in [6, 6.07) is 0. The van der Waals surface area contributed by atoms with Crippen molar-refractivity contribution < 1.29 is 14.6 Å². The highest BCUT2D eigenvalue weighted by atomic mass is 16.5. The van der Waals surface area contributed by atoms with E-state index in [0.717, 1.165) is 19.3 Å². The third-order valence-electron chi connectivity index (χ3n) is 2.19. The molecule has 0 bridgehead atoms. The summed E-state index contributed by atoms with van der Waals surface area (Å²) in [4.78, 5) is 10.9. The van der Waals surface area contributed by atoms with Gasteiger partial charge in [-0.05, 0) is 19.3 Å².